The van der Waals surface area contributed by atoms with Gasteiger partial charge in [0.1, 0.15) is 11.5 Å². The van der Waals surface area contributed by atoms with Gasteiger partial charge < -0.3 is 14.5 Å². The van der Waals surface area contributed by atoms with Gasteiger partial charge >= 0.3 is 0 Å². The Balaban J connectivity index is 2.45. The summed E-state index contributed by atoms with van der Waals surface area (Å²) in [6.07, 6.45) is 1.70. The van der Waals surface area contributed by atoms with Gasteiger partial charge in [-0.15, -0.1) is 0 Å². The lowest BCUT2D eigenvalue weighted by Crippen LogP contribution is -2.22. The SMILES string of the molecule is CCNC(c1ccco1)c1cc(C)ccc1OC. The number of nitrogens with one attached hydrogen (secondary N) is 1. The van der Waals surface area contributed by atoms with E-state index in [0.29, 0.717) is 0 Å². The normalized spacial score (nSPS) is 12.4. The second-order valence-electron chi connectivity index (χ2n) is 4.25. The number of ether oxygens (including phenoxy) is 1. The van der Waals surface area contributed by atoms with Crippen LogP contribution in [0.5, 0.6) is 5.75 Å². The Labute approximate surface area is 108 Å². The molecule has 1 atom stereocenters. The fourth-order valence-corrected chi connectivity index (χ4v) is 2.10. The van der Waals surface area contributed by atoms with Crippen LogP contribution in [0.3, 0.4) is 0 Å². The first-order valence-electron chi connectivity index (χ1n) is 6.17. The predicted molar refractivity (Wildman–Crippen MR) is 72.0 cm³/mol. The van der Waals surface area contributed by atoms with Gasteiger partial charge in [0.15, 0.2) is 0 Å². The fraction of sp³-hybridized carbons (Fsp3) is 0.333. The molecule has 18 heavy (non-hydrogen) atoms. The van der Waals surface area contributed by atoms with Crippen LogP contribution in [0.4, 0.5) is 0 Å². The molecule has 1 N–H and O–H groups in total. The van der Waals surface area contributed by atoms with Crippen molar-refractivity contribution < 1.29 is 9.15 Å². The molecule has 0 bridgehead atoms. The average Bonchev–Trinajstić information content (AvgIpc) is 2.89. The van der Waals surface area contributed by atoms with Crippen LogP contribution in [-0.4, -0.2) is 13.7 Å². The molecule has 1 unspecified atom stereocenters. The van der Waals surface area contributed by atoms with Crippen LogP contribution in [0.15, 0.2) is 41.0 Å². The molecule has 0 saturated heterocycles. The molecule has 96 valence electrons. The number of hydrogen-bond donors (Lipinski definition) is 1. The predicted octanol–water partition coefficient (Wildman–Crippen LogP) is 3.30. The van der Waals surface area contributed by atoms with E-state index in [2.05, 4.69) is 25.2 Å². The lowest BCUT2D eigenvalue weighted by Gasteiger charge is -2.19. The van der Waals surface area contributed by atoms with E-state index in [1.807, 2.05) is 24.3 Å². The summed E-state index contributed by atoms with van der Waals surface area (Å²) in [7, 11) is 1.69. The summed E-state index contributed by atoms with van der Waals surface area (Å²) < 4.78 is 11.0. The Morgan fingerprint density at radius 3 is 2.78 bits per heavy atom. The van der Waals surface area contributed by atoms with Crippen LogP contribution < -0.4 is 10.1 Å². The lowest BCUT2D eigenvalue weighted by atomic mass is 10.0. The van der Waals surface area contributed by atoms with Gasteiger partial charge in [0.25, 0.3) is 0 Å². The first kappa shape index (κ1) is 12.7. The summed E-state index contributed by atoms with van der Waals surface area (Å²) in [4.78, 5) is 0. The fourth-order valence-electron chi connectivity index (χ4n) is 2.10. The zero-order chi connectivity index (χ0) is 13.0. The standard InChI is InChI=1S/C15H19NO2/c1-4-16-15(14-6-5-9-18-14)12-10-11(2)7-8-13(12)17-3/h5-10,15-16H,4H2,1-3H3. The highest BCUT2D eigenvalue weighted by Gasteiger charge is 2.19. The number of furan rings is 1. The zero-order valence-corrected chi connectivity index (χ0v) is 11.1. The largest absolute Gasteiger partial charge is 0.496 e. The second kappa shape index (κ2) is 5.74. The van der Waals surface area contributed by atoms with Crippen molar-refractivity contribution in [1.29, 1.82) is 0 Å². The molecule has 0 saturated carbocycles. The Bertz CT molecular complexity index is 491. The Morgan fingerprint density at radius 2 is 2.17 bits per heavy atom. The van der Waals surface area contributed by atoms with Gasteiger partial charge in [-0.3, -0.25) is 0 Å². The molecule has 0 aliphatic heterocycles. The van der Waals surface area contributed by atoms with Crippen molar-refractivity contribution in [2.24, 2.45) is 0 Å². The summed E-state index contributed by atoms with van der Waals surface area (Å²) in [5.41, 5.74) is 2.31. The number of methoxy groups -OCH3 is 1. The van der Waals surface area contributed by atoms with E-state index in [1.165, 1.54) is 5.56 Å². The highest BCUT2D eigenvalue weighted by Crippen LogP contribution is 2.31. The highest BCUT2D eigenvalue weighted by molar-refractivity contribution is 5.42. The van der Waals surface area contributed by atoms with Crippen LogP contribution in [-0.2, 0) is 0 Å². The third-order valence-corrected chi connectivity index (χ3v) is 2.93. The molecule has 1 aromatic carbocycles. The molecule has 1 aromatic heterocycles. The number of benzene rings is 1. The molecule has 3 heteroatoms. The van der Waals surface area contributed by atoms with Crippen LogP contribution in [0.25, 0.3) is 0 Å². The van der Waals surface area contributed by atoms with E-state index in [1.54, 1.807) is 13.4 Å². The van der Waals surface area contributed by atoms with E-state index < -0.39 is 0 Å². The minimum Gasteiger partial charge on any atom is -0.496 e. The van der Waals surface area contributed by atoms with Crippen LogP contribution >= 0.6 is 0 Å². The van der Waals surface area contributed by atoms with Gasteiger partial charge in [-0.1, -0.05) is 24.6 Å². The maximum absolute atomic E-state index is 5.52. The minimum absolute atomic E-state index is 0.0276. The maximum atomic E-state index is 5.52. The zero-order valence-electron chi connectivity index (χ0n) is 11.1. The molecule has 2 aromatic rings. The molecular formula is C15H19NO2. The molecule has 0 aliphatic carbocycles. The van der Waals surface area contributed by atoms with Crippen molar-refractivity contribution in [3.8, 4) is 5.75 Å². The smallest absolute Gasteiger partial charge is 0.125 e. The van der Waals surface area contributed by atoms with Gasteiger partial charge in [0.2, 0.25) is 0 Å². The summed E-state index contributed by atoms with van der Waals surface area (Å²) >= 11 is 0. The van der Waals surface area contributed by atoms with E-state index in [-0.39, 0.29) is 6.04 Å². The molecule has 0 radical (unpaired) electrons. The second-order valence-corrected chi connectivity index (χ2v) is 4.25. The molecule has 0 fully saturated rings. The summed E-state index contributed by atoms with van der Waals surface area (Å²) in [5, 5.41) is 3.43. The third-order valence-electron chi connectivity index (χ3n) is 2.93. The number of aryl methyl sites for hydroxylation is 1. The van der Waals surface area contributed by atoms with E-state index in [0.717, 1.165) is 23.6 Å². The van der Waals surface area contributed by atoms with Gasteiger partial charge in [-0.25, -0.2) is 0 Å². The molecule has 0 aliphatic rings. The van der Waals surface area contributed by atoms with Crippen LogP contribution in [0.2, 0.25) is 0 Å². The summed E-state index contributed by atoms with van der Waals surface area (Å²) in [6, 6.07) is 10.1. The lowest BCUT2D eigenvalue weighted by molar-refractivity contribution is 0.393. The van der Waals surface area contributed by atoms with E-state index >= 15 is 0 Å². The third kappa shape index (κ3) is 2.57. The molecule has 1 heterocycles. The Hall–Kier alpha value is -1.74. The van der Waals surface area contributed by atoms with Crippen molar-refractivity contribution in [2.45, 2.75) is 19.9 Å². The topological polar surface area (TPSA) is 34.4 Å². The highest BCUT2D eigenvalue weighted by atomic mass is 16.5. The Morgan fingerprint density at radius 1 is 1.33 bits per heavy atom. The van der Waals surface area contributed by atoms with E-state index in [4.69, 9.17) is 9.15 Å². The van der Waals surface area contributed by atoms with Crippen LogP contribution in [0.1, 0.15) is 29.9 Å². The van der Waals surface area contributed by atoms with Crippen molar-refractivity contribution >= 4 is 0 Å². The van der Waals surface area contributed by atoms with Gasteiger partial charge in [0, 0.05) is 5.56 Å². The van der Waals surface area contributed by atoms with Gasteiger partial charge in [-0.05, 0) is 31.7 Å². The maximum Gasteiger partial charge on any atom is 0.125 e. The number of rotatable bonds is 5. The van der Waals surface area contributed by atoms with Crippen molar-refractivity contribution in [3.05, 3.63) is 53.5 Å². The first-order valence-corrected chi connectivity index (χ1v) is 6.17. The Kier molecular flexibility index (Phi) is 4.05. The van der Waals surface area contributed by atoms with Gasteiger partial charge in [-0.2, -0.15) is 0 Å². The molecule has 0 spiro atoms. The van der Waals surface area contributed by atoms with Crippen LogP contribution in [0, 0.1) is 6.92 Å². The molecular weight excluding hydrogens is 226 g/mol. The van der Waals surface area contributed by atoms with Crippen molar-refractivity contribution in [1.82, 2.24) is 5.32 Å². The minimum atomic E-state index is 0.0276. The average molecular weight is 245 g/mol. The summed E-state index contributed by atoms with van der Waals surface area (Å²) in [6.45, 7) is 5.02. The monoisotopic (exact) mass is 245 g/mol. The number of hydrogen-bond acceptors (Lipinski definition) is 3. The summed E-state index contributed by atoms with van der Waals surface area (Å²) in [5.74, 6) is 1.78. The van der Waals surface area contributed by atoms with Gasteiger partial charge in [0.05, 0.1) is 19.4 Å². The first-order chi connectivity index (χ1) is 8.76. The van der Waals surface area contributed by atoms with E-state index in [9.17, 15) is 0 Å². The quantitative estimate of drug-likeness (QED) is 0.877. The molecule has 2 rings (SSSR count). The van der Waals surface area contributed by atoms with Crippen molar-refractivity contribution in [2.75, 3.05) is 13.7 Å². The molecule has 3 nitrogen and oxygen atoms in total. The molecule has 0 amide bonds. The van der Waals surface area contributed by atoms with Crippen molar-refractivity contribution in [3.63, 3.8) is 0 Å².